The fourth-order valence-electron chi connectivity index (χ4n) is 3.19. The van der Waals surface area contributed by atoms with Crippen LogP contribution in [0.25, 0.3) is 0 Å². The molecule has 0 spiro atoms. The lowest BCUT2D eigenvalue weighted by Crippen LogP contribution is -2.57. The molecule has 4 amide bonds. The first-order valence-electron chi connectivity index (χ1n) is 12.2. The van der Waals surface area contributed by atoms with Crippen molar-refractivity contribution < 1.29 is 29.1 Å². The predicted octanol–water partition coefficient (Wildman–Crippen LogP) is -3.04. The van der Waals surface area contributed by atoms with Gasteiger partial charge >= 0.3 is 5.97 Å². The fraction of sp³-hybridized carbons (Fsp3) is 0.727. The SMILES string of the molecule is CC(C)C(N)C(=O)NC(CCCCN)C(=O)NC(CCCN=C(N)N)C(=O)NC(CCC(N)=O)C(=O)O. The second-order valence-electron chi connectivity index (χ2n) is 9.03. The van der Waals surface area contributed by atoms with Gasteiger partial charge in [0.15, 0.2) is 5.96 Å². The Labute approximate surface area is 216 Å². The van der Waals surface area contributed by atoms with Crippen molar-refractivity contribution in [1.29, 1.82) is 0 Å². The van der Waals surface area contributed by atoms with Crippen molar-refractivity contribution in [2.45, 2.75) is 83.0 Å². The van der Waals surface area contributed by atoms with Gasteiger partial charge in [-0.15, -0.1) is 0 Å². The third-order valence-corrected chi connectivity index (χ3v) is 5.47. The van der Waals surface area contributed by atoms with Gasteiger partial charge in [-0.2, -0.15) is 0 Å². The molecule has 0 aliphatic rings. The number of nitrogens with two attached hydrogens (primary N) is 5. The van der Waals surface area contributed by atoms with Crippen molar-refractivity contribution in [3.63, 3.8) is 0 Å². The van der Waals surface area contributed by atoms with Crippen LogP contribution in [0.3, 0.4) is 0 Å². The van der Waals surface area contributed by atoms with Crippen LogP contribution in [0.4, 0.5) is 0 Å². The van der Waals surface area contributed by atoms with Crippen molar-refractivity contribution >= 4 is 35.6 Å². The Morgan fingerprint density at radius 3 is 1.76 bits per heavy atom. The summed E-state index contributed by atoms with van der Waals surface area (Å²) in [5, 5.41) is 16.9. The van der Waals surface area contributed by atoms with E-state index >= 15 is 0 Å². The molecule has 0 saturated heterocycles. The molecule has 0 fully saturated rings. The van der Waals surface area contributed by atoms with E-state index in [1.807, 2.05) is 0 Å². The quantitative estimate of drug-likeness (QED) is 0.0463. The van der Waals surface area contributed by atoms with Crippen LogP contribution in [-0.4, -0.2) is 77.9 Å². The highest BCUT2D eigenvalue weighted by atomic mass is 16.4. The Morgan fingerprint density at radius 2 is 1.30 bits per heavy atom. The van der Waals surface area contributed by atoms with Gasteiger partial charge < -0.3 is 49.7 Å². The maximum absolute atomic E-state index is 13.1. The van der Waals surface area contributed by atoms with Gasteiger partial charge in [0.2, 0.25) is 23.6 Å². The zero-order valence-electron chi connectivity index (χ0n) is 21.6. The number of carboxylic acids is 1. The number of aliphatic carboxylic acids is 1. The summed E-state index contributed by atoms with van der Waals surface area (Å²) < 4.78 is 0. The first kappa shape index (κ1) is 33.5. The third-order valence-electron chi connectivity index (χ3n) is 5.47. The topological polar surface area (TPSA) is 284 Å². The number of amides is 4. The van der Waals surface area contributed by atoms with E-state index in [9.17, 15) is 29.1 Å². The fourth-order valence-corrected chi connectivity index (χ4v) is 3.19. The number of guanidine groups is 1. The number of aliphatic imine (C=N–C) groups is 1. The molecule has 0 rings (SSSR count). The lowest BCUT2D eigenvalue weighted by Gasteiger charge is -2.26. The molecule has 0 aliphatic heterocycles. The molecule has 0 heterocycles. The number of carbonyl (C=O) groups excluding carboxylic acids is 4. The Morgan fingerprint density at radius 1 is 0.784 bits per heavy atom. The van der Waals surface area contributed by atoms with Gasteiger partial charge in [0.1, 0.15) is 18.1 Å². The van der Waals surface area contributed by atoms with E-state index in [0.29, 0.717) is 19.4 Å². The van der Waals surface area contributed by atoms with Gasteiger partial charge in [-0.1, -0.05) is 13.8 Å². The van der Waals surface area contributed by atoms with Gasteiger partial charge in [0.05, 0.1) is 6.04 Å². The number of carboxylic acid groups (broad SMARTS) is 1. The highest BCUT2D eigenvalue weighted by Gasteiger charge is 2.30. The molecular formula is C22H43N9O6. The molecule has 15 heteroatoms. The number of hydrogen-bond acceptors (Lipinski definition) is 8. The summed E-state index contributed by atoms with van der Waals surface area (Å²) in [5.41, 5.74) is 27.1. The van der Waals surface area contributed by atoms with Gasteiger partial charge in [-0.25, -0.2) is 4.79 Å². The molecule has 0 aliphatic carbocycles. The smallest absolute Gasteiger partial charge is 0.326 e. The van der Waals surface area contributed by atoms with Crippen LogP contribution in [0.2, 0.25) is 0 Å². The van der Waals surface area contributed by atoms with E-state index in [1.165, 1.54) is 0 Å². The molecule has 0 bridgehead atoms. The number of carbonyl (C=O) groups is 5. The first-order valence-corrected chi connectivity index (χ1v) is 12.2. The number of nitrogens with one attached hydrogen (secondary N) is 3. The zero-order valence-corrected chi connectivity index (χ0v) is 21.6. The first-order chi connectivity index (χ1) is 17.3. The molecule has 0 aromatic heterocycles. The van der Waals surface area contributed by atoms with E-state index in [4.69, 9.17) is 28.7 Å². The average Bonchev–Trinajstić information content (AvgIpc) is 2.81. The third kappa shape index (κ3) is 14.6. The minimum absolute atomic E-state index is 0.0610. The normalized spacial score (nSPS) is 14.1. The molecule has 14 N–H and O–H groups in total. The second kappa shape index (κ2) is 17.9. The molecule has 0 saturated carbocycles. The molecule has 0 radical (unpaired) electrons. The second-order valence-corrected chi connectivity index (χ2v) is 9.03. The number of unbranched alkanes of at least 4 members (excludes halogenated alkanes) is 1. The largest absolute Gasteiger partial charge is 0.480 e. The van der Waals surface area contributed by atoms with Crippen LogP contribution in [0.1, 0.15) is 58.8 Å². The molecule has 0 aromatic carbocycles. The maximum atomic E-state index is 13.1. The molecular weight excluding hydrogens is 486 g/mol. The maximum Gasteiger partial charge on any atom is 0.326 e. The van der Waals surface area contributed by atoms with Crippen molar-refractivity contribution in [3.8, 4) is 0 Å². The summed E-state index contributed by atoms with van der Waals surface area (Å²) in [7, 11) is 0. The minimum Gasteiger partial charge on any atom is -0.480 e. The van der Waals surface area contributed by atoms with Gasteiger partial charge in [0.25, 0.3) is 0 Å². The summed E-state index contributed by atoms with van der Waals surface area (Å²) >= 11 is 0. The van der Waals surface area contributed by atoms with Crippen LogP contribution in [-0.2, 0) is 24.0 Å². The summed E-state index contributed by atoms with van der Waals surface area (Å²) in [4.78, 5) is 65.0. The molecule has 15 nitrogen and oxygen atoms in total. The molecule has 4 unspecified atom stereocenters. The highest BCUT2D eigenvalue weighted by Crippen LogP contribution is 2.07. The summed E-state index contributed by atoms with van der Waals surface area (Å²) in [6, 6.07) is -4.42. The molecule has 37 heavy (non-hydrogen) atoms. The van der Waals surface area contributed by atoms with Crippen LogP contribution in [0.15, 0.2) is 4.99 Å². The van der Waals surface area contributed by atoms with E-state index in [1.54, 1.807) is 13.8 Å². The standard InChI is InChI=1S/C22H43N9O6/c1-12(2)17(25)20(35)30-13(6-3-4-10-23)18(33)29-14(7-5-11-28-22(26)27)19(34)31-15(21(36)37)8-9-16(24)32/h12-15,17H,3-11,23,25H2,1-2H3,(H2,24,32)(H,29,33)(H,30,35)(H,31,34)(H,36,37)(H4,26,27,28). The number of hydrogen-bond donors (Lipinski definition) is 9. The Kier molecular flexibility index (Phi) is 16.2. The lowest BCUT2D eigenvalue weighted by molar-refractivity contribution is -0.142. The van der Waals surface area contributed by atoms with E-state index < -0.39 is 53.8 Å². The van der Waals surface area contributed by atoms with Crippen molar-refractivity contribution in [1.82, 2.24) is 16.0 Å². The minimum atomic E-state index is -1.40. The Hall–Kier alpha value is -3.46. The molecule has 212 valence electrons. The number of nitrogens with zero attached hydrogens (tertiary/aromatic N) is 1. The lowest BCUT2D eigenvalue weighted by atomic mass is 10.0. The van der Waals surface area contributed by atoms with Crippen LogP contribution >= 0.6 is 0 Å². The van der Waals surface area contributed by atoms with Crippen molar-refractivity contribution in [3.05, 3.63) is 0 Å². The van der Waals surface area contributed by atoms with Gasteiger partial charge in [-0.05, 0) is 51.0 Å². The highest BCUT2D eigenvalue weighted by molar-refractivity contribution is 5.94. The zero-order chi connectivity index (χ0) is 28.5. The summed E-state index contributed by atoms with van der Waals surface area (Å²) in [6.45, 7) is 4.08. The Bertz CT molecular complexity index is 802. The number of rotatable bonds is 19. The van der Waals surface area contributed by atoms with Gasteiger partial charge in [0, 0.05) is 13.0 Å². The van der Waals surface area contributed by atoms with Crippen molar-refractivity contribution in [2.24, 2.45) is 39.6 Å². The average molecular weight is 530 g/mol. The van der Waals surface area contributed by atoms with Crippen LogP contribution in [0.5, 0.6) is 0 Å². The van der Waals surface area contributed by atoms with Crippen LogP contribution in [0, 0.1) is 5.92 Å². The van der Waals surface area contributed by atoms with Crippen molar-refractivity contribution in [2.75, 3.05) is 13.1 Å². The number of primary amides is 1. The monoisotopic (exact) mass is 529 g/mol. The van der Waals surface area contributed by atoms with Gasteiger partial charge in [-0.3, -0.25) is 24.2 Å². The summed E-state index contributed by atoms with van der Waals surface area (Å²) in [6.07, 6.45) is 1.24. The Balaban J connectivity index is 5.67. The summed E-state index contributed by atoms with van der Waals surface area (Å²) in [5.74, 6) is -4.36. The van der Waals surface area contributed by atoms with Crippen LogP contribution < -0.4 is 44.6 Å². The predicted molar refractivity (Wildman–Crippen MR) is 137 cm³/mol. The molecule has 4 atom stereocenters. The van der Waals surface area contributed by atoms with E-state index in [-0.39, 0.29) is 50.5 Å². The van der Waals surface area contributed by atoms with E-state index in [2.05, 4.69) is 20.9 Å². The molecule has 0 aromatic rings. The van der Waals surface area contributed by atoms with E-state index in [0.717, 1.165) is 0 Å².